The summed E-state index contributed by atoms with van der Waals surface area (Å²) in [5.74, 6) is 0.987. The van der Waals surface area contributed by atoms with Crippen LogP contribution in [0.1, 0.15) is 104 Å². The average molecular weight is 414 g/mol. The van der Waals surface area contributed by atoms with Gasteiger partial charge in [0.25, 0.3) is 0 Å². The van der Waals surface area contributed by atoms with Gasteiger partial charge in [0.2, 0.25) is 0 Å². The minimum atomic E-state index is 0.854. The number of hydrogen-bond acceptors (Lipinski definition) is 1. The van der Waals surface area contributed by atoms with Crippen molar-refractivity contribution in [2.75, 3.05) is 6.54 Å². The van der Waals surface area contributed by atoms with Gasteiger partial charge in [0.15, 0.2) is 0 Å². The molecule has 1 saturated carbocycles. The Morgan fingerprint density at radius 3 is 2.17 bits per heavy atom. The number of unbranched alkanes of at least 4 members (excludes halogenated alkanes) is 1. The van der Waals surface area contributed by atoms with E-state index in [0.29, 0.717) is 0 Å². The molecule has 2 atom stereocenters. The van der Waals surface area contributed by atoms with E-state index in [0.717, 1.165) is 18.4 Å². The first kappa shape index (κ1) is 28.5. The molecular weight excluding hydrogens is 362 g/mol. The molecule has 0 spiro atoms. The normalized spacial score (nSPS) is 19.5. The van der Waals surface area contributed by atoms with E-state index in [2.05, 4.69) is 63.1 Å². The topological polar surface area (TPSA) is 3.24 Å². The highest BCUT2D eigenvalue weighted by molar-refractivity contribution is 5.20. The molecule has 172 valence electrons. The summed E-state index contributed by atoms with van der Waals surface area (Å²) in [6.07, 6.45) is 15.4. The number of benzene rings is 1. The van der Waals surface area contributed by atoms with Crippen LogP contribution in [0.2, 0.25) is 0 Å². The molecule has 1 aliphatic carbocycles. The van der Waals surface area contributed by atoms with Crippen LogP contribution in [-0.2, 0) is 6.42 Å². The second kappa shape index (κ2) is 18.3. The van der Waals surface area contributed by atoms with Gasteiger partial charge < -0.3 is 4.90 Å². The molecule has 1 heterocycles. The fourth-order valence-corrected chi connectivity index (χ4v) is 4.37. The molecular formula is C29H51N. The van der Waals surface area contributed by atoms with Crippen molar-refractivity contribution >= 4 is 0 Å². The van der Waals surface area contributed by atoms with Crippen LogP contribution in [-0.4, -0.2) is 17.5 Å². The zero-order chi connectivity index (χ0) is 22.8. The van der Waals surface area contributed by atoms with Crippen LogP contribution in [0.3, 0.4) is 0 Å². The van der Waals surface area contributed by atoms with Crippen LogP contribution in [0.5, 0.6) is 0 Å². The van der Waals surface area contributed by atoms with Crippen LogP contribution in [0, 0.1) is 12.8 Å². The monoisotopic (exact) mass is 413 g/mol. The first-order valence-electron chi connectivity index (χ1n) is 12.6. The number of aryl methyl sites for hydroxylation is 2. The molecule has 1 heteroatoms. The lowest BCUT2D eigenvalue weighted by molar-refractivity contribution is 0.0872. The molecule has 1 nitrogen and oxygen atoms in total. The van der Waals surface area contributed by atoms with Crippen LogP contribution < -0.4 is 0 Å². The van der Waals surface area contributed by atoms with Crippen LogP contribution in [0.25, 0.3) is 0 Å². The van der Waals surface area contributed by atoms with Crippen molar-refractivity contribution in [1.29, 1.82) is 0 Å². The number of allylic oxidation sites excluding steroid dienone is 2. The van der Waals surface area contributed by atoms with Gasteiger partial charge in [-0.2, -0.15) is 0 Å². The molecule has 30 heavy (non-hydrogen) atoms. The molecule has 1 saturated heterocycles. The predicted molar refractivity (Wildman–Crippen MR) is 138 cm³/mol. The average Bonchev–Trinajstić information content (AvgIpc) is 2.80. The molecule has 1 aromatic carbocycles. The van der Waals surface area contributed by atoms with Crippen molar-refractivity contribution in [2.45, 2.75) is 112 Å². The molecule has 0 amide bonds. The lowest BCUT2D eigenvalue weighted by Gasteiger charge is -2.46. The van der Waals surface area contributed by atoms with Gasteiger partial charge in [-0.3, -0.25) is 0 Å². The Kier molecular flexibility index (Phi) is 17.4. The lowest BCUT2D eigenvalue weighted by Crippen LogP contribution is -2.45. The molecule has 0 N–H and O–H groups in total. The van der Waals surface area contributed by atoms with E-state index in [1.165, 1.54) is 81.2 Å². The van der Waals surface area contributed by atoms with Crippen LogP contribution in [0.15, 0.2) is 49.2 Å². The van der Waals surface area contributed by atoms with E-state index < -0.39 is 0 Å². The second-order valence-corrected chi connectivity index (χ2v) is 8.36. The summed E-state index contributed by atoms with van der Waals surface area (Å²) in [5, 5.41) is 0. The van der Waals surface area contributed by atoms with E-state index in [-0.39, 0.29) is 0 Å². The fraction of sp³-hybridized carbons (Fsp3) is 0.655. The summed E-state index contributed by atoms with van der Waals surface area (Å²) in [4.78, 5) is 2.67. The van der Waals surface area contributed by atoms with Crippen molar-refractivity contribution < 1.29 is 0 Å². The Balaban J connectivity index is 0.000000508. The molecule has 0 aromatic heterocycles. The number of rotatable bonds is 5. The SMILES string of the molecule is C=C(CCCC)N1CCCC2CCCCC21.C=CC.CC.CCc1ccc(C)cc1. The Bertz CT molecular complexity index is 540. The van der Waals surface area contributed by atoms with Gasteiger partial charge in [-0.25, -0.2) is 0 Å². The van der Waals surface area contributed by atoms with Crippen molar-refractivity contribution in [3.63, 3.8) is 0 Å². The standard InChI is InChI=1S/C15H27N.C9H12.C3H6.C2H6/c1-3-4-8-13(2)16-12-7-10-14-9-5-6-11-15(14)16;1-3-9-6-4-8(2)5-7-9;1-3-2;1-2/h14-15H,2-12H2,1H3;4-7H,3H2,1-2H3;3H,1H2,2H3;1-2H3. The quantitative estimate of drug-likeness (QED) is 0.435. The third kappa shape index (κ3) is 11.0. The fourth-order valence-electron chi connectivity index (χ4n) is 4.37. The number of fused-ring (bicyclic) bond motifs is 1. The lowest BCUT2D eigenvalue weighted by atomic mass is 9.78. The van der Waals surface area contributed by atoms with E-state index in [9.17, 15) is 0 Å². The first-order chi connectivity index (χ1) is 14.6. The zero-order valence-electron chi connectivity index (χ0n) is 21.2. The highest BCUT2D eigenvalue weighted by Gasteiger charge is 2.33. The number of hydrogen-bond donors (Lipinski definition) is 0. The van der Waals surface area contributed by atoms with Gasteiger partial charge in [-0.05, 0) is 70.3 Å². The summed E-state index contributed by atoms with van der Waals surface area (Å²) in [6.45, 7) is 21.4. The molecule has 3 rings (SSSR count). The second-order valence-electron chi connectivity index (χ2n) is 8.36. The number of piperidine rings is 1. The van der Waals surface area contributed by atoms with Crippen molar-refractivity contribution in [2.24, 2.45) is 5.92 Å². The van der Waals surface area contributed by atoms with E-state index >= 15 is 0 Å². The third-order valence-electron chi connectivity index (χ3n) is 6.00. The van der Waals surface area contributed by atoms with Crippen molar-refractivity contribution in [3.05, 3.63) is 60.3 Å². The number of nitrogens with zero attached hydrogens (tertiary/aromatic N) is 1. The molecule has 0 bridgehead atoms. The molecule has 1 aromatic rings. The minimum Gasteiger partial charge on any atom is -0.372 e. The Labute approximate surface area is 189 Å². The van der Waals surface area contributed by atoms with Gasteiger partial charge in [0, 0.05) is 18.3 Å². The Morgan fingerprint density at radius 2 is 1.60 bits per heavy atom. The first-order valence-corrected chi connectivity index (χ1v) is 12.6. The van der Waals surface area contributed by atoms with Crippen molar-refractivity contribution in [1.82, 2.24) is 4.90 Å². The van der Waals surface area contributed by atoms with Gasteiger partial charge in [0.05, 0.1) is 0 Å². The van der Waals surface area contributed by atoms with Gasteiger partial charge >= 0.3 is 0 Å². The molecule has 1 aliphatic heterocycles. The maximum Gasteiger partial charge on any atom is 0.0314 e. The zero-order valence-corrected chi connectivity index (χ0v) is 21.2. The maximum absolute atomic E-state index is 4.33. The Hall–Kier alpha value is -1.50. The highest BCUT2D eigenvalue weighted by Crippen LogP contribution is 2.37. The van der Waals surface area contributed by atoms with Crippen molar-refractivity contribution in [3.8, 4) is 0 Å². The molecule has 0 radical (unpaired) electrons. The smallest absolute Gasteiger partial charge is 0.0314 e. The number of likely N-dealkylation sites (tertiary alicyclic amines) is 1. The minimum absolute atomic E-state index is 0.854. The highest BCUT2D eigenvalue weighted by atomic mass is 15.2. The van der Waals surface area contributed by atoms with Gasteiger partial charge in [-0.1, -0.05) is 89.4 Å². The van der Waals surface area contributed by atoms with Gasteiger partial charge in [-0.15, -0.1) is 6.58 Å². The molecule has 2 aliphatic rings. The summed E-state index contributed by atoms with van der Waals surface area (Å²) >= 11 is 0. The van der Waals surface area contributed by atoms with Crippen LogP contribution >= 0.6 is 0 Å². The molecule has 2 unspecified atom stereocenters. The van der Waals surface area contributed by atoms with Gasteiger partial charge in [0.1, 0.15) is 0 Å². The van der Waals surface area contributed by atoms with Crippen LogP contribution in [0.4, 0.5) is 0 Å². The predicted octanol–water partition coefficient (Wildman–Crippen LogP) is 9.12. The summed E-state index contributed by atoms with van der Waals surface area (Å²) < 4.78 is 0. The maximum atomic E-state index is 4.33. The Morgan fingerprint density at radius 1 is 1.03 bits per heavy atom. The summed E-state index contributed by atoms with van der Waals surface area (Å²) in [5.41, 5.74) is 4.19. The largest absolute Gasteiger partial charge is 0.372 e. The van der Waals surface area contributed by atoms with E-state index in [1.807, 2.05) is 20.8 Å². The van der Waals surface area contributed by atoms with E-state index in [1.54, 1.807) is 6.08 Å². The third-order valence-corrected chi connectivity index (χ3v) is 6.00. The van der Waals surface area contributed by atoms with E-state index in [4.69, 9.17) is 0 Å². The summed E-state index contributed by atoms with van der Waals surface area (Å²) in [6, 6.07) is 9.51. The summed E-state index contributed by atoms with van der Waals surface area (Å²) in [7, 11) is 0. The molecule has 2 fully saturated rings.